The summed E-state index contributed by atoms with van der Waals surface area (Å²) in [6, 6.07) is 12.0. The summed E-state index contributed by atoms with van der Waals surface area (Å²) < 4.78 is 76.9. The lowest BCUT2D eigenvalue weighted by molar-refractivity contribution is -0.139. The zero-order chi connectivity index (χ0) is 32.5. The van der Waals surface area contributed by atoms with Crippen LogP contribution in [0.1, 0.15) is 40.7 Å². The van der Waals surface area contributed by atoms with E-state index in [0.717, 1.165) is 12.1 Å². The van der Waals surface area contributed by atoms with Gasteiger partial charge in [-0.05, 0) is 67.3 Å². The molecule has 0 unspecified atom stereocenters. The van der Waals surface area contributed by atoms with Crippen LogP contribution < -0.4 is 14.8 Å². The van der Waals surface area contributed by atoms with Gasteiger partial charge in [0.2, 0.25) is 0 Å². The number of carboxylic acid groups (broad SMARTS) is 2. The molecule has 3 rings (SSSR count). The molecule has 3 aromatic rings. The lowest BCUT2D eigenvalue weighted by atomic mass is 10.1. The molecule has 0 saturated carbocycles. The molecule has 15 heteroatoms. The molecular weight excluding hydrogens is 650 g/mol. The minimum absolute atomic E-state index is 0.0140. The van der Waals surface area contributed by atoms with Crippen molar-refractivity contribution in [2.24, 2.45) is 0 Å². The molecule has 0 aromatic heterocycles. The van der Waals surface area contributed by atoms with Crippen LogP contribution in [0.25, 0.3) is 0 Å². The van der Waals surface area contributed by atoms with Crippen LogP contribution in [0.3, 0.4) is 0 Å². The molecule has 0 aliphatic heterocycles. The highest BCUT2D eigenvalue weighted by Gasteiger charge is 2.35. The van der Waals surface area contributed by atoms with Gasteiger partial charge in [-0.1, -0.05) is 35.3 Å². The Hall–Kier alpha value is -3.68. The summed E-state index contributed by atoms with van der Waals surface area (Å²) in [5.74, 6) is -3.17. The van der Waals surface area contributed by atoms with Gasteiger partial charge >= 0.3 is 18.1 Å². The maximum absolute atomic E-state index is 13.8. The number of para-hydroxylation sites is 1. The van der Waals surface area contributed by atoms with E-state index in [0.29, 0.717) is 5.56 Å². The summed E-state index contributed by atoms with van der Waals surface area (Å²) >= 11 is 12.3. The predicted molar refractivity (Wildman–Crippen MR) is 159 cm³/mol. The van der Waals surface area contributed by atoms with E-state index in [1.54, 1.807) is 0 Å². The fourth-order valence-corrected chi connectivity index (χ4v) is 6.01. The molecule has 0 radical (unpaired) electrons. The van der Waals surface area contributed by atoms with Crippen molar-refractivity contribution in [1.82, 2.24) is 0 Å². The fourth-order valence-electron chi connectivity index (χ4n) is 4.05. The van der Waals surface area contributed by atoms with Crippen molar-refractivity contribution in [3.8, 4) is 11.5 Å². The van der Waals surface area contributed by atoms with E-state index in [1.165, 1.54) is 42.5 Å². The lowest BCUT2D eigenvalue weighted by Crippen LogP contribution is -2.16. The molecule has 0 atom stereocenters. The third-order valence-electron chi connectivity index (χ3n) is 6.11. The van der Waals surface area contributed by atoms with Gasteiger partial charge in [-0.3, -0.25) is 4.79 Å². The van der Waals surface area contributed by atoms with E-state index in [2.05, 4.69) is 5.32 Å². The summed E-state index contributed by atoms with van der Waals surface area (Å²) in [6.07, 6.45) is -4.65. The smallest absolute Gasteiger partial charge is 0.420 e. The molecule has 0 bridgehead atoms. The molecule has 0 aliphatic rings. The van der Waals surface area contributed by atoms with Gasteiger partial charge in [-0.25, -0.2) is 13.2 Å². The molecule has 0 saturated heterocycles. The zero-order valence-corrected chi connectivity index (χ0v) is 25.3. The Morgan fingerprint density at radius 2 is 1.50 bits per heavy atom. The Kier molecular flexibility index (Phi) is 12.1. The monoisotopic (exact) mass is 677 g/mol. The number of rotatable bonds is 16. The summed E-state index contributed by atoms with van der Waals surface area (Å²) in [6.45, 7) is -0.331. The summed E-state index contributed by atoms with van der Waals surface area (Å²) in [5.41, 5.74) is -0.529. The van der Waals surface area contributed by atoms with Gasteiger partial charge in [-0.15, -0.1) is 0 Å². The van der Waals surface area contributed by atoms with Gasteiger partial charge in [0.05, 0.1) is 51.6 Å². The maximum atomic E-state index is 13.8. The quantitative estimate of drug-likeness (QED) is 0.135. The molecule has 3 N–H and O–H groups in total. The Balaban J connectivity index is 1.51. The Bertz CT molecular complexity index is 1580. The molecule has 0 amide bonds. The van der Waals surface area contributed by atoms with E-state index < -0.39 is 39.3 Å². The molecule has 9 nitrogen and oxygen atoms in total. The topological polar surface area (TPSA) is 139 Å². The van der Waals surface area contributed by atoms with Gasteiger partial charge in [0.15, 0.2) is 15.6 Å². The molecule has 0 spiro atoms. The second-order valence-corrected chi connectivity index (χ2v) is 12.6. The van der Waals surface area contributed by atoms with Crippen molar-refractivity contribution in [1.29, 1.82) is 0 Å². The van der Waals surface area contributed by atoms with Gasteiger partial charge in [0.25, 0.3) is 0 Å². The number of anilines is 2. The summed E-state index contributed by atoms with van der Waals surface area (Å²) in [7, 11) is -3.59. The summed E-state index contributed by atoms with van der Waals surface area (Å²) in [4.78, 5) is 22.1. The number of alkyl halides is 3. The Morgan fingerprint density at radius 1 is 0.886 bits per heavy atom. The van der Waals surface area contributed by atoms with Gasteiger partial charge in [0, 0.05) is 12.1 Å². The zero-order valence-electron chi connectivity index (χ0n) is 23.0. The van der Waals surface area contributed by atoms with Gasteiger partial charge in [-0.2, -0.15) is 13.2 Å². The Morgan fingerprint density at radius 3 is 2.09 bits per heavy atom. The summed E-state index contributed by atoms with van der Waals surface area (Å²) in [5, 5.41) is 21.1. The molecule has 3 aromatic carbocycles. The van der Waals surface area contributed by atoms with Crippen LogP contribution in [-0.2, 0) is 27.2 Å². The maximum Gasteiger partial charge on any atom is 0.420 e. The van der Waals surface area contributed by atoms with Crippen molar-refractivity contribution in [2.75, 3.05) is 30.0 Å². The molecule has 0 heterocycles. The average Bonchev–Trinajstić information content (AvgIpc) is 2.93. The van der Waals surface area contributed by atoms with Crippen LogP contribution in [0, 0.1) is 0 Å². The number of carboxylic acids is 2. The van der Waals surface area contributed by atoms with Gasteiger partial charge in [0.1, 0.15) is 5.75 Å². The van der Waals surface area contributed by atoms with Gasteiger partial charge < -0.3 is 25.0 Å². The number of halogens is 5. The second-order valence-electron chi connectivity index (χ2n) is 9.52. The number of hydrogen-bond donors (Lipinski definition) is 3. The first-order valence-corrected chi connectivity index (χ1v) is 15.7. The number of nitrogens with one attached hydrogen (secondary N) is 1. The largest absolute Gasteiger partial charge is 0.493 e. The third kappa shape index (κ3) is 10.5. The first-order chi connectivity index (χ1) is 20.7. The highest BCUT2D eigenvalue weighted by Crippen LogP contribution is 2.39. The fraction of sp³-hybridized carbons (Fsp3) is 0.310. The second kappa shape index (κ2) is 15.4. The van der Waals surface area contributed by atoms with Crippen LogP contribution in [0.5, 0.6) is 11.5 Å². The predicted octanol–water partition coefficient (Wildman–Crippen LogP) is 7.12. The molecular formula is C29H28Cl2F3NO8S. The number of benzene rings is 3. The van der Waals surface area contributed by atoms with E-state index in [9.17, 15) is 36.3 Å². The van der Waals surface area contributed by atoms with Crippen molar-refractivity contribution >= 4 is 56.4 Å². The van der Waals surface area contributed by atoms with E-state index in [4.69, 9.17) is 37.8 Å². The van der Waals surface area contributed by atoms with Crippen molar-refractivity contribution < 1.29 is 50.9 Å². The number of aromatic carboxylic acids is 1. The Labute approximate surface area is 261 Å². The van der Waals surface area contributed by atoms with Crippen LogP contribution in [0.4, 0.5) is 24.5 Å². The molecule has 0 aliphatic carbocycles. The first-order valence-electron chi connectivity index (χ1n) is 13.1. The number of aliphatic carboxylic acids is 1. The number of ether oxygens (including phenoxy) is 2. The minimum Gasteiger partial charge on any atom is -0.493 e. The number of aryl methyl sites for hydroxylation is 1. The lowest BCUT2D eigenvalue weighted by Gasteiger charge is -2.17. The van der Waals surface area contributed by atoms with Crippen LogP contribution in [0.15, 0.2) is 54.6 Å². The van der Waals surface area contributed by atoms with Crippen LogP contribution in [-0.4, -0.2) is 55.3 Å². The van der Waals surface area contributed by atoms with Crippen molar-refractivity contribution in [3.63, 3.8) is 0 Å². The minimum atomic E-state index is -4.80. The molecule has 238 valence electrons. The third-order valence-corrected chi connectivity index (χ3v) is 8.49. The van der Waals surface area contributed by atoms with E-state index in [1.807, 2.05) is 0 Å². The SMILES string of the molecule is O=C(O)CCc1cc(Cl)c(OCCCS(=O)(=O)CCCOc2ccc(Nc3ccccc3C(=O)O)cc2C(F)(F)F)c(Cl)c1. The van der Waals surface area contributed by atoms with E-state index in [-0.39, 0.29) is 83.1 Å². The highest BCUT2D eigenvalue weighted by atomic mass is 35.5. The molecule has 44 heavy (non-hydrogen) atoms. The van der Waals surface area contributed by atoms with Crippen LogP contribution in [0.2, 0.25) is 10.0 Å². The highest BCUT2D eigenvalue weighted by molar-refractivity contribution is 7.91. The van der Waals surface area contributed by atoms with Crippen molar-refractivity contribution in [3.05, 3.63) is 81.3 Å². The van der Waals surface area contributed by atoms with E-state index >= 15 is 0 Å². The van der Waals surface area contributed by atoms with Crippen molar-refractivity contribution in [2.45, 2.75) is 31.9 Å². The molecule has 0 fully saturated rings. The number of hydrogen-bond acceptors (Lipinski definition) is 7. The number of sulfone groups is 1. The average molecular weight is 679 g/mol. The van der Waals surface area contributed by atoms with Crippen LogP contribution >= 0.6 is 23.2 Å². The standard InChI is InChI=1S/C29H28Cl2F3NO8S/c30-22-15-18(7-10-26(36)37)16-23(31)27(22)43-12-4-14-44(40,41)13-3-11-42-25-9-8-19(17-21(25)29(32,33)34)35-24-6-2-1-5-20(24)28(38)39/h1-2,5-6,8-9,15-17,35H,3-4,7,10-14H2,(H,36,37)(H,38,39). The normalized spacial score (nSPS) is 11.7. The first kappa shape index (κ1) is 34.8. The number of carbonyl (C=O) groups is 2.